The molecule has 0 aliphatic carbocycles. The quantitative estimate of drug-likeness (QED) is 0.851. The Morgan fingerprint density at radius 3 is 2.44 bits per heavy atom. The largest absolute Gasteiger partial charge is 0.497 e. The summed E-state index contributed by atoms with van der Waals surface area (Å²) in [5.74, 6) is 0.705. The van der Waals surface area contributed by atoms with E-state index < -0.39 is 0 Å². The van der Waals surface area contributed by atoms with Crippen molar-refractivity contribution in [2.75, 3.05) is 23.9 Å². The van der Waals surface area contributed by atoms with Gasteiger partial charge in [0.15, 0.2) is 0 Å². The molecule has 1 saturated heterocycles. The number of rotatable bonds is 5. The summed E-state index contributed by atoms with van der Waals surface area (Å²) >= 11 is 0. The van der Waals surface area contributed by atoms with E-state index in [1.54, 1.807) is 42.4 Å². The van der Waals surface area contributed by atoms with Crippen LogP contribution in [0.2, 0.25) is 0 Å². The topological polar surface area (TPSA) is 58.6 Å². The molecular formula is C20H20N2O3. The molecule has 3 rings (SSSR count). The summed E-state index contributed by atoms with van der Waals surface area (Å²) in [6.45, 7) is 0.776. The maximum Gasteiger partial charge on any atom is 0.248 e. The fourth-order valence-electron chi connectivity index (χ4n) is 2.72. The van der Waals surface area contributed by atoms with E-state index in [2.05, 4.69) is 5.32 Å². The van der Waals surface area contributed by atoms with Gasteiger partial charge in [0, 0.05) is 30.4 Å². The van der Waals surface area contributed by atoms with E-state index in [4.69, 9.17) is 4.74 Å². The molecule has 0 unspecified atom stereocenters. The number of carbonyl (C=O) groups is 2. The minimum absolute atomic E-state index is 0.169. The van der Waals surface area contributed by atoms with Crippen LogP contribution in [0.4, 0.5) is 11.4 Å². The average Bonchev–Trinajstić information content (AvgIpc) is 3.07. The molecule has 2 aromatic carbocycles. The van der Waals surface area contributed by atoms with Crippen LogP contribution in [0.5, 0.6) is 5.75 Å². The van der Waals surface area contributed by atoms with Crippen LogP contribution in [0.15, 0.2) is 54.6 Å². The minimum Gasteiger partial charge on any atom is -0.497 e. The Kier molecular flexibility index (Phi) is 5.14. The first-order valence-electron chi connectivity index (χ1n) is 8.19. The number of nitrogens with one attached hydrogen (secondary N) is 1. The second-order valence-electron chi connectivity index (χ2n) is 5.79. The molecule has 0 spiro atoms. The highest BCUT2D eigenvalue weighted by molar-refractivity contribution is 6.02. The lowest BCUT2D eigenvalue weighted by Gasteiger charge is -2.15. The van der Waals surface area contributed by atoms with Crippen molar-refractivity contribution in [3.63, 3.8) is 0 Å². The Balaban J connectivity index is 1.59. The van der Waals surface area contributed by atoms with Crippen LogP contribution >= 0.6 is 0 Å². The van der Waals surface area contributed by atoms with Crippen molar-refractivity contribution < 1.29 is 14.3 Å². The third kappa shape index (κ3) is 4.26. The van der Waals surface area contributed by atoms with Gasteiger partial charge in [-0.15, -0.1) is 0 Å². The molecule has 25 heavy (non-hydrogen) atoms. The maximum absolute atomic E-state index is 12.0. The Bertz CT molecular complexity index is 780. The fourth-order valence-corrected chi connectivity index (χ4v) is 2.72. The van der Waals surface area contributed by atoms with Crippen LogP contribution in [-0.4, -0.2) is 25.5 Å². The molecule has 1 fully saturated rings. The monoisotopic (exact) mass is 336 g/mol. The highest BCUT2D eigenvalue weighted by Crippen LogP contribution is 2.22. The van der Waals surface area contributed by atoms with Crippen LogP contribution in [0.25, 0.3) is 6.08 Å². The Morgan fingerprint density at radius 2 is 1.84 bits per heavy atom. The van der Waals surface area contributed by atoms with Gasteiger partial charge >= 0.3 is 0 Å². The van der Waals surface area contributed by atoms with Crippen molar-refractivity contribution in [2.45, 2.75) is 12.8 Å². The third-order valence-electron chi connectivity index (χ3n) is 4.06. The van der Waals surface area contributed by atoms with Crippen LogP contribution in [0.3, 0.4) is 0 Å². The average molecular weight is 336 g/mol. The summed E-state index contributed by atoms with van der Waals surface area (Å²) in [6.07, 6.45) is 4.76. The second-order valence-corrected chi connectivity index (χ2v) is 5.79. The molecular weight excluding hydrogens is 316 g/mol. The summed E-state index contributed by atoms with van der Waals surface area (Å²) in [6, 6.07) is 14.8. The van der Waals surface area contributed by atoms with Gasteiger partial charge in [-0.25, -0.2) is 0 Å². The summed E-state index contributed by atoms with van der Waals surface area (Å²) in [4.78, 5) is 25.5. The number of ether oxygens (including phenoxy) is 1. The zero-order valence-corrected chi connectivity index (χ0v) is 14.1. The number of amides is 2. The van der Waals surface area contributed by atoms with Gasteiger partial charge in [0.05, 0.1) is 7.11 Å². The number of methoxy groups -OCH3 is 1. The van der Waals surface area contributed by atoms with Crippen molar-refractivity contribution in [2.24, 2.45) is 0 Å². The van der Waals surface area contributed by atoms with Gasteiger partial charge < -0.3 is 15.0 Å². The molecule has 2 amide bonds. The van der Waals surface area contributed by atoms with Gasteiger partial charge in [-0.3, -0.25) is 9.59 Å². The molecule has 0 bridgehead atoms. The summed E-state index contributed by atoms with van der Waals surface area (Å²) in [7, 11) is 1.60. The van der Waals surface area contributed by atoms with Crippen LogP contribution in [-0.2, 0) is 9.59 Å². The van der Waals surface area contributed by atoms with Gasteiger partial charge in [0.2, 0.25) is 11.8 Å². The summed E-state index contributed by atoms with van der Waals surface area (Å²) < 4.78 is 5.08. The maximum atomic E-state index is 12.0. The fraction of sp³-hybridized carbons (Fsp3) is 0.200. The molecule has 0 atom stereocenters. The molecule has 1 aliphatic heterocycles. The Morgan fingerprint density at radius 1 is 1.12 bits per heavy atom. The van der Waals surface area contributed by atoms with E-state index in [0.717, 1.165) is 30.0 Å². The number of anilines is 2. The first-order valence-corrected chi connectivity index (χ1v) is 8.19. The molecule has 5 nitrogen and oxygen atoms in total. The molecule has 0 aromatic heterocycles. The molecule has 1 aliphatic rings. The molecule has 0 saturated carbocycles. The lowest BCUT2D eigenvalue weighted by Crippen LogP contribution is -2.23. The first-order chi connectivity index (χ1) is 12.2. The third-order valence-corrected chi connectivity index (χ3v) is 4.06. The predicted molar refractivity (Wildman–Crippen MR) is 98.7 cm³/mol. The van der Waals surface area contributed by atoms with Gasteiger partial charge in [-0.2, -0.15) is 0 Å². The normalized spacial score (nSPS) is 14.1. The van der Waals surface area contributed by atoms with Crippen LogP contribution < -0.4 is 15.0 Å². The van der Waals surface area contributed by atoms with Crippen LogP contribution in [0, 0.1) is 0 Å². The van der Waals surface area contributed by atoms with Crippen molar-refractivity contribution in [1.29, 1.82) is 0 Å². The summed E-state index contributed by atoms with van der Waals surface area (Å²) in [5, 5.41) is 2.79. The van der Waals surface area contributed by atoms with Gasteiger partial charge in [0.1, 0.15) is 5.75 Å². The molecule has 5 heteroatoms. The number of nitrogens with zero attached hydrogens (tertiary/aromatic N) is 1. The zero-order chi connectivity index (χ0) is 17.6. The van der Waals surface area contributed by atoms with Crippen molar-refractivity contribution in [1.82, 2.24) is 0 Å². The SMILES string of the molecule is COc1ccc(NC(=O)/C=C/c2ccc(N3CCCC3=O)cc2)cc1. The highest BCUT2D eigenvalue weighted by Gasteiger charge is 2.21. The van der Waals surface area contributed by atoms with Gasteiger partial charge in [0.25, 0.3) is 0 Å². The molecule has 0 radical (unpaired) electrons. The first kappa shape index (κ1) is 16.8. The van der Waals surface area contributed by atoms with Gasteiger partial charge in [-0.05, 0) is 54.5 Å². The standard InChI is InChI=1S/C20H20N2O3/c1-25-18-11-7-16(8-12-18)21-19(23)13-6-15-4-9-17(10-5-15)22-14-2-3-20(22)24/h4-13H,2-3,14H2,1H3,(H,21,23)/b13-6+. The lowest BCUT2D eigenvalue weighted by atomic mass is 10.2. The Labute approximate surface area is 146 Å². The summed E-state index contributed by atoms with van der Waals surface area (Å²) in [5.41, 5.74) is 2.51. The molecule has 1 heterocycles. The number of hydrogen-bond acceptors (Lipinski definition) is 3. The van der Waals surface area contributed by atoms with Crippen molar-refractivity contribution in [3.05, 3.63) is 60.2 Å². The van der Waals surface area contributed by atoms with E-state index in [9.17, 15) is 9.59 Å². The van der Waals surface area contributed by atoms with Crippen molar-refractivity contribution in [3.8, 4) is 5.75 Å². The number of hydrogen-bond donors (Lipinski definition) is 1. The zero-order valence-electron chi connectivity index (χ0n) is 14.1. The van der Waals surface area contributed by atoms with Crippen molar-refractivity contribution >= 4 is 29.3 Å². The smallest absolute Gasteiger partial charge is 0.248 e. The van der Waals surface area contributed by atoms with E-state index in [1.807, 2.05) is 24.3 Å². The molecule has 2 aromatic rings. The van der Waals surface area contributed by atoms with E-state index in [1.165, 1.54) is 6.08 Å². The minimum atomic E-state index is -0.205. The van der Waals surface area contributed by atoms with E-state index >= 15 is 0 Å². The van der Waals surface area contributed by atoms with Crippen LogP contribution in [0.1, 0.15) is 18.4 Å². The number of carbonyl (C=O) groups excluding carboxylic acids is 2. The Hall–Kier alpha value is -3.08. The van der Waals surface area contributed by atoms with Gasteiger partial charge in [-0.1, -0.05) is 12.1 Å². The number of benzene rings is 2. The van der Waals surface area contributed by atoms with E-state index in [-0.39, 0.29) is 11.8 Å². The second kappa shape index (κ2) is 7.66. The molecule has 128 valence electrons. The highest BCUT2D eigenvalue weighted by atomic mass is 16.5. The van der Waals surface area contributed by atoms with E-state index in [0.29, 0.717) is 12.1 Å². The lowest BCUT2D eigenvalue weighted by molar-refractivity contribution is -0.117. The predicted octanol–water partition coefficient (Wildman–Crippen LogP) is 3.47. The molecule has 1 N–H and O–H groups in total.